The third-order valence-electron chi connectivity index (χ3n) is 5.57. The zero-order valence-electron chi connectivity index (χ0n) is 18.4. The van der Waals surface area contributed by atoms with Crippen LogP contribution in [0.2, 0.25) is 0 Å². The largest absolute Gasteiger partial charge is 0.491 e. The SMILES string of the molecule is CN(C)CCOc1ccccc1C(=O)N1CCCN(CCCc2ccccc2)CC1. The molecule has 0 atom stereocenters. The van der Waals surface area contributed by atoms with Crippen molar-refractivity contribution < 1.29 is 9.53 Å². The second-order valence-corrected chi connectivity index (χ2v) is 8.22. The number of aryl methyl sites for hydroxylation is 1. The highest BCUT2D eigenvalue weighted by molar-refractivity contribution is 5.97. The number of carbonyl (C=O) groups is 1. The van der Waals surface area contributed by atoms with Crippen molar-refractivity contribution in [2.75, 3.05) is 60.0 Å². The predicted molar refractivity (Wildman–Crippen MR) is 122 cm³/mol. The van der Waals surface area contributed by atoms with Gasteiger partial charge in [0.2, 0.25) is 0 Å². The fourth-order valence-electron chi connectivity index (χ4n) is 3.83. The summed E-state index contributed by atoms with van der Waals surface area (Å²) in [5.74, 6) is 0.773. The zero-order chi connectivity index (χ0) is 21.2. The first-order chi connectivity index (χ1) is 14.6. The van der Waals surface area contributed by atoms with Crippen LogP contribution in [0.1, 0.15) is 28.8 Å². The van der Waals surface area contributed by atoms with E-state index in [0.717, 1.165) is 58.5 Å². The van der Waals surface area contributed by atoms with E-state index in [9.17, 15) is 4.79 Å². The van der Waals surface area contributed by atoms with Crippen molar-refractivity contribution in [2.24, 2.45) is 0 Å². The van der Waals surface area contributed by atoms with Gasteiger partial charge in [0.05, 0.1) is 5.56 Å². The Morgan fingerprint density at radius 2 is 1.73 bits per heavy atom. The molecule has 0 radical (unpaired) electrons. The number of carbonyl (C=O) groups excluding carboxylic acids is 1. The molecule has 0 aromatic heterocycles. The molecule has 0 saturated carbocycles. The van der Waals surface area contributed by atoms with Gasteiger partial charge in [-0.1, -0.05) is 42.5 Å². The molecule has 5 nitrogen and oxygen atoms in total. The maximum Gasteiger partial charge on any atom is 0.257 e. The Morgan fingerprint density at radius 3 is 2.53 bits per heavy atom. The van der Waals surface area contributed by atoms with Gasteiger partial charge in [-0.3, -0.25) is 4.79 Å². The van der Waals surface area contributed by atoms with E-state index in [0.29, 0.717) is 17.9 Å². The normalized spacial score (nSPS) is 15.2. The fourth-order valence-corrected chi connectivity index (χ4v) is 3.83. The molecule has 0 N–H and O–H groups in total. The first-order valence-electron chi connectivity index (χ1n) is 11.1. The molecule has 0 unspecified atom stereocenters. The number of para-hydroxylation sites is 1. The lowest BCUT2D eigenvalue weighted by Gasteiger charge is -2.23. The van der Waals surface area contributed by atoms with Crippen LogP contribution in [0.15, 0.2) is 54.6 Å². The molecule has 30 heavy (non-hydrogen) atoms. The van der Waals surface area contributed by atoms with Gasteiger partial charge >= 0.3 is 0 Å². The van der Waals surface area contributed by atoms with Gasteiger partial charge in [0.1, 0.15) is 12.4 Å². The number of amides is 1. The average molecular weight is 410 g/mol. The molecule has 3 rings (SSSR count). The number of nitrogens with zero attached hydrogens (tertiary/aromatic N) is 3. The molecule has 2 aromatic rings. The van der Waals surface area contributed by atoms with E-state index >= 15 is 0 Å². The highest BCUT2D eigenvalue weighted by Crippen LogP contribution is 2.21. The minimum Gasteiger partial charge on any atom is -0.491 e. The summed E-state index contributed by atoms with van der Waals surface area (Å²) in [7, 11) is 4.03. The summed E-state index contributed by atoms with van der Waals surface area (Å²) in [6, 6.07) is 18.3. The molecule has 1 heterocycles. The lowest BCUT2D eigenvalue weighted by atomic mass is 10.1. The van der Waals surface area contributed by atoms with E-state index in [4.69, 9.17) is 4.74 Å². The summed E-state index contributed by atoms with van der Waals surface area (Å²) in [5.41, 5.74) is 2.07. The van der Waals surface area contributed by atoms with Crippen LogP contribution in [0.5, 0.6) is 5.75 Å². The second kappa shape index (κ2) is 11.7. The van der Waals surface area contributed by atoms with E-state index in [1.807, 2.05) is 43.3 Å². The van der Waals surface area contributed by atoms with Crippen LogP contribution in [0, 0.1) is 0 Å². The third-order valence-corrected chi connectivity index (χ3v) is 5.57. The van der Waals surface area contributed by atoms with Crippen molar-refractivity contribution in [3.05, 3.63) is 65.7 Å². The van der Waals surface area contributed by atoms with Crippen molar-refractivity contribution in [1.29, 1.82) is 0 Å². The van der Waals surface area contributed by atoms with Crippen LogP contribution in [0.25, 0.3) is 0 Å². The topological polar surface area (TPSA) is 36.0 Å². The van der Waals surface area contributed by atoms with Crippen LogP contribution >= 0.6 is 0 Å². The van der Waals surface area contributed by atoms with Crippen molar-refractivity contribution in [3.63, 3.8) is 0 Å². The molecular formula is C25H35N3O2. The minimum absolute atomic E-state index is 0.0848. The second-order valence-electron chi connectivity index (χ2n) is 8.22. The molecule has 0 bridgehead atoms. The molecule has 162 valence electrons. The molecule has 5 heteroatoms. The van der Waals surface area contributed by atoms with E-state index in [1.165, 1.54) is 5.56 Å². The Morgan fingerprint density at radius 1 is 0.967 bits per heavy atom. The van der Waals surface area contributed by atoms with Gasteiger partial charge in [-0.05, 0) is 64.1 Å². The summed E-state index contributed by atoms with van der Waals surface area (Å²) in [5, 5.41) is 0. The summed E-state index contributed by atoms with van der Waals surface area (Å²) in [6.45, 7) is 6.05. The van der Waals surface area contributed by atoms with Gasteiger partial charge in [-0.25, -0.2) is 0 Å². The van der Waals surface area contributed by atoms with Crippen molar-refractivity contribution in [1.82, 2.24) is 14.7 Å². The first-order valence-corrected chi connectivity index (χ1v) is 11.1. The van der Waals surface area contributed by atoms with Gasteiger partial charge in [0.15, 0.2) is 0 Å². The number of benzene rings is 2. The zero-order valence-corrected chi connectivity index (χ0v) is 18.4. The molecule has 1 aliphatic heterocycles. The van der Waals surface area contributed by atoms with Crippen LogP contribution in [0.3, 0.4) is 0 Å². The molecule has 0 spiro atoms. The summed E-state index contributed by atoms with van der Waals surface area (Å²) in [4.78, 5) is 19.8. The van der Waals surface area contributed by atoms with E-state index in [-0.39, 0.29) is 5.91 Å². The number of rotatable bonds is 9. The lowest BCUT2D eigenvalue weighted by molar-refractivity contribution is 0.0756. The van der Waals surface area contributed by atoms with E-state index < -0.39 is 0 Å². The Kier molecular flexibility index (Phi) is 8.72. The highest BCUT2D eigenvalue weighted by Gasteiger charge is 2.22. The van der Waals surface area contributed by atoms with Crippen LogP contribution < -0.4 is 4.74 Å². The Bertz CT molecular complexity index is 779. The first kappa shape index (κ1) is 22.3. The molecule has 0 aliphatic carbocycles. The van der Waals surface area contributed by atoms with Gasteiger partial charge in [0.25, 0.3) is 5.91 Å². The maximum atomic E-state index is 13.2. The monoisotopic (exact) mass is 409 g/mol. The number of hydrogen-bond donors (Lipinski definition) is 0. The average Bonchev–Trinajstić information content (AvgIpc) is 3.00. The Balaban J connectivity index is 1.50. The van der Waals surface area contributed by atoms with Gasteiger partial charge in [0, 0.05) is 26.2 Å². The van der Waals surface area contributed by atoms with Crippen LogP contribution in [-0.4, -0.2) is 80.6 Å². The van der Waals surface area contributed by atoms with Crippen molar-refractivity contribution >= 4 is 5.91 Å². The summed E-state index contributed by atoms with van der Waals surface area (Å²) in [6.07, 6.45) is 3.28. The Labute approximate surface area is 181 Å². The van der Waals surface area contributed by atoms with Crippen molar-refractivity contribution in [2.45, 2.75) is 19.3 Å². The summed E-state index contributed by atoms with van der Waals surface area (Å²) < 4.78 is 5.91. The number of hydrogen-bond acceptors (Lipinski definition) is 4. The molecule has 2 aromatic carbocycles. The minimum atomic E-state index is 0.0848. The number of likely N-dealkylation sites (N-methyl/N-ethyl adjacent to an activating group) is 1. The highest BCUT2D eigenvalue weighted by atomic mass is 16.5. The molecular weight excluding hydrogens is 374 g/mol. The van der Waals surface area contributed by atoms with Crippen LogP contribution in [0.4, 0.5) is 0 Å². The molecule has 1 amide bonds. The quantitative estimate of drug-likeness (QED) is 0.636. The molecule has 1 aliphatic rings. The third kappa shape index (κ3) is 6.85. The smallest absolute Gasteiger partial charge is 0.257 e. The summed E-state index contributed by atoms with van der Waals surface area (Å²) >= 11 is 0. The molecule has 1 saturated heterocycles. The van der Waals surface area contributed by atoms with Gasteiger partial charge in [-0.2, -0.15) is 0 Å². The maximum absolute atomic E-state index is 13.2. The Hall–Kier alpha value is -2.37. The van der Waals surface area contributed by atoms with Crippen molar-refractivity contribution in [3.8, 4) is 5.75 Å². The fraction of sp³-hybridized carbons (Fsp3) is 0.480. The van der Waals surface area contributed by atoms with Gasteiger partial charge < -0.3 is 19.4 Å². The van der Waals surface area contributed by atoms with Gasteiger partial charge in [-0.15, -0.1) is 0 Å². The number of ether oxygens (including phenoxy) is 1. The predicted octanol–water partition coefficient (Wildman–Crippen LogP) is 3.41. The molecule has 1 fully saturated rings. The van der Waals surface area contributed by atoms with Crippen LogP contribution in [-0.2, 0) is 6.42 Å². The standard InChI is InChI=1S/C25H35N3O2/c1-26(2)20-21-30-24-14-7-6-13-23(24)25(29)28-17-9-16-27(18-19-28)15-8-12-22-10-4-3-5-11-22/h3-7,10-11,13-14H,8-9,12,15-21H2,1-2H3. The van der Waals surface area contributed by atoms with E-state index in [2.05, 4.69) is 40.1 Å². The van der Waals surface area contributed by atoms with E-state index in [1.54, 1.807) is 0 Å². The lowest BCUT2D eigenvalue weighted by Crippen LogP contribution is -2.35.